The Morgan fingerprint density at radius 1 is 0.225 bits per heavy atom. The van der Waals surface area contributed by atoms with Gasteiger partial charge in [0.15, 0.2) is 50.3 Å². The Morgan fingerprint density at radius 3 is 0.607 bits per heavy atom. The van der Waals surface area contributed by atoms with Gasteiger partial charge in [-0.25, -0.2) is 0 Å². The van der Waals surface area contributed by atoms with Crippen LogP contribution in [0.3, 0.4) is 0 Å². The Kier molecular flexibility index (Phi) is 26.3. The fourth-order valence-electron chi connectivity index (χ4n) is 11.5. The van der Waals surface area contributed by atoms with Crippen molar-refractivity contribution < 1.29 is 198 Å². The van der Waals surface area contributed by atoms with Crippen molar-refractivity contribution >= 4 is 0 Å². The predicted octanol–water partition coefficient (Wildman–Crippen LogP) is -16.8. The molecule has 0 amide bonds. The van der Waals surface area contributed by atoms with E-state index in [4.69, 9.17) is 75.8 Å². The molecule has 39 atom stereocenters. The molecular weight excluding hydrogens is 1230 g/mol. The summed E-state index contributed by atoms with van der Waals surface area (Å²) in [6.07, 6.45) is -79.8. The highest BCUT2D eigenvalue weighted by Crippen LogP contribution is 2.39. The molecule has 18 fully saturated rings. The molecule has 18 heterocycles. The summed E-state index contributed by atoms with van der Waals surface area (Å²) in [5.41, 5.74) is 0. The number of aliphatic hydroxyl groups excluding tert-OH is 24. The Hall–Kier alpha value is -1.60. The van der Waals surface area contributed by atoms with Crippen LogP contribution in [0.5, 0.6) is 0 Å². The van der Waals surface area contributed by atoms with E-state index in [1.54, 1.807) is 0 Å². The molecule has 18 aliphatic rings. The van der Waals surface area contributed by atoms with Crippen molar-refractivity contribution in [2.75, 3.05) is 59.5 Å². The van der Waals surface area contributed by atoms with Gasteiger partial charge in [-0.05, 0) is 6.92 Å². The number of fused-ring (bicyclic) bond motifs is 1. The number of hydrogen-bond acceptors (Lipinski definition) is 40. The van der Waals surface area contributed by atoms with E-state index in [9.17, 15) is 123 Å². The summed E-state index contributed by atoms with van der Waals surface area (Å²) in [7, 11) is 0. The maximum absolute atomic E-state index is 11.5. The largest absolute Gasteiger partial charge is 0.394 e. The van der Waals surface area contributed by atoms with Crippen molar-refractivity contribution in [3.63, 3.8) is 0 Å². The lowest BCUT2D eigenvalue weighted by Gasteiger charge is -2.50. The predicted molar refractivity (Wildman–Crippen MR) is 268 cm³/mol. The summed E-state index contributed by atoms with van der Waals surface area (Å²) in [4.78, 5) is 0. The average molecular weight is 1310 g/mol. The quantitative estimate of drug-likeness (QED) is 0.0966. The van der Waals surface area contributed by atoms with Gasteiger partial charge in [-0.1, -0.05) is 0 Å². The van der Waals surface area contributed by atoms with Crippen molar-refractivity contribution in [1.29, 1.82) is 0 Å². The number of hydrogen-bond donors (Lipinski definition) is 24. The molecule has 18 saturated heterocycles. The first-order chi connectivity index (χ1) is 42.3. The molecule has 40 nitrogen and oxygen atoms in total. The van der Waals surface area contributed by atoms with Crippen LogP contribution < -0.4 is 0 Å². The zero-order valence-corrected chi connectivity index (χ0v) is 47.1. The van der Waals surface area contributed by atoms with Crippen LogP contribution in [0.1, 0.15) is 6.92 Å². The molecule has 0 saturated carbocycles. The number of aliphatic hydroxyl groups is 24. The first-order valence-corrected chi connectivity index (χ1v) is 28.5. The van der Waals surface area contributed by atoms with Crippen LogP contribution in [0.4, 0.5) is 0 Å². The molecule has 89 heavy (non-hydrogen) atoms. The van der Waals surface area contributed by atoms with Crippen LogP contribution in [0.25, 0.3) is 0 Å². The normalized spacial score (nSPS) is 53.6. The lowest BCUT2D eigenvalue weighted by atomic mass is 9.95. The van der Waals surface area contributed by atoms with Crippen LogP contribution >= 0.6 is 0 Å². The van der Waals surface area contributed by atoms with E-state index in [1.807, 2.05) is 0 Å². The van der Waals surface area contributed by atoms with Crippen LogP contribution in [0, 0.1) is 0 Å². The fourth-order valence-corrected chi connectivity index (χ4v) is 11.5. The summed E-state index contributed by atoms with van der Waals surface area (Å²) in [6, 6.07) is 0. The van der Waals surface area contributed by atoms with Crippen molar-refractivity contribution in [2.45, 2.75) is 246 Å². The van der Waals surface area contributed by atoms with E-state index >= 15 is 0 Å². The SMILES string of the molecule is CC1OC2OC(CO)C(OC3OC(CO)C(OC4OC(CO)C(OC5OC(CO)C(OC6OC(CO)C(OC7OC(CO)C(OC8OC(CO)C(OC(OCCO)C(O)C1O)C(O)C8O)C(O)C7O)C(O)C6O)C(O)C5O)C(O)C4O)C(O)C3O)C(O)C2O. The van der Waals surface area contributed by atoms with Gasteiger partial charge < -0.3 is 198 Å². The third kappa shape index (κ3) is 15.3. The fraction of sp³-hybridized carbons (Fsp3) is 1.00. The molecule has 0 spiro atoms. The number of rotatable bonds is 10. The van der Waals surface area contributed by atoms with Gasteiger partial charge >= 0.3 is 0 Å². The third-order valence-electron chi connectivity index (χ3n) is 16.6. The van der Waals surface area contributed by atoms with Gasteiger partial charge in [-0.2, -0.15) is 0 Å². The van der Waals surface area contributed by atoms with Gasteiger partial charge in [0.25, 0.3) is 0 Å². The van der Waals surface area contributed by atoms with Gasteiger partial charge in [0.2, 0.25) is 0 Å². The smallest absolute Gasteiger partial charge is 0.187 e. The zero-order valence-electron chi connectivity index (χ0n) is 47.1. The van der Waals surface area contributed by atoms with E-state index in [1.165, 1.54) is 0 Å². The minimum atomic E-state index is -2.30. The highest BCUT2D eigenvalue weighted by Gasteiger charge is 2.59. The van der Waals surface area contributed by atoms with Crippen molar-refractivity contribution in [1.82, 2.24) is 0 Å². The molecule has 520 valence electrons. The average Bonchev–Trinajstić information content (AvgIpc) is 0.996. The second kappa shape index (κ2) is 32.0. The van der Waals surface area contributed by atoms with Gasteiger partial charge in [0.05, 0.1) is 65.6 Å². The summed E-state index contributed by atoms with van der Waals surface area (Å²) >= 11 is 0. The van der Waals surface area contributed by atoms with Gasteiger partial charge in [-0.3, -0.25) is 0 Å². The summed E-state index contributed by atoms with van der Waals surface area (Å²) in [6.45, 7) is -7.84. The van der Waals surface area contributed by atoms with Crippen LogP contribution in [-0.2, 0) is 75.8 Å². The van der Waals surface area contributed by atoms with Crippen molar-refractivity contribution in [2.24, 2.45) is 0 Å². The monoisotopic (exact) mass is 1310 g/mol. The highest BCUT2D eigenvalue weighted by molar-refractivity contribution is 5.01. The minimum absolute atomic E-state index is 0.647. The molecule has 24 N–H and O–H groups in total. The van der Waals surface area contributed by atoms with Gasteiger partial charge in [-0.15, -0.1) is 0 Å². The lowest BCUT2D eigenvalue weighted by Crippen LogP contribution is -2.68. The highest BCUT2D eigenvalue weighted by atomic mass is 16.8. The Bertz CT molecular complexity index is 2100. The topological polar surface area (TPSA) is 633 Å². The minimum Gasteiger partial charge on any atom is -0.394 e. The molecule has 14 bridgehead atoms. The van der Waals surface area contributed by atoms with Gasteiger partial charge in [0, 0.05) is 0 Å². The van der Waals surface area contributed by atoms with E-state index in [0.29, 0.717) is 0 Å². The molecule has 39 unspecified atom stereocenters. The van der Waals surface area contributed by atoms with Crippen LogP contribution in [0.2, 0.25) is 0 Å². The van der Waals surface area contributed by atoms with Gasteiger partial charge in [0.1, 0.15) is 183 Å². The van der Waals surface area contributed by atoms with Crippen LogP contribution in [0.15, 0.2) is 0 Å². The first kappa shape index (κ1) is 73.2. The molecule has 0 aromatic heterocycles. The van der Waals surface area contributed by atoms with E-state index < -0.39 is 299 Å². The maximum atomic E-state index is 11.5. The second-order valence-corrected chi connectivity index (χ2v) is 22.4. The van der Waals surface area contributed by atoms with E-state index in [0.717, 1.165) is 6.92 Å². The molecule has 40 heteroatoms. The summed E-state index contributed by atoms with van der Waals surface area (Å²) < 4.78 is 90.8. The summed E-state index contributed by atoms with van der Waals surface area (Å²) in [5.74, 6) is 0. The molecular formula is C49H84O40. The molecule has 18 rings (SSSR count). The zero-order chi connectivity index (χ0) is 65.2. The molecule has 18 aliphatic heterocycles. The Labute approximate surface area is 503 Å². The third-order valence-corrected chi connectivity index (χ3v) is 16.6. The molecule has 0 radical (unpaired) electrons. The van der Waals surface area contributed by atoms with E-state index in [2.05, 4.69) is 0 Å². The Balaban J connectivity index is 1.06. The first-order valence-electron chi connectivity index (χ1n) is 28.5. The maximum Gasteiger partial charge on any atom is 0.187 e. The molecule has 0 aromatic carbocycles. The van der Waals surface area contributed by atoms with Crippen molar-refractivity contribution in [3.05, 3.63) is 0 Å². The second-order valence-electron chi connectivity index (χ2n) is 22.4. The molecule has 0 aromatic rings. The molecule has 0 aliphatic carbocycles. The van der Waals surface area contributed by atoms with E-state index in [-0.39, 0.29) is 0 Å². The Morgan fingerprint density at radius 2 is 0.416 bits per heavy atom. The standard InChI is InChI=1S/C49H84O40/c1-11-19(58)27(66)42(74-3-2-50)83-35-12(4-51)77-44(29(68)21(35)60)85-37-14(6-53)79-46(31(70)23(37)62)87-39-16(8-55)81-48(33(72)25(39)64)89-41-18(10-57)82-49(34(73)26(41)65)88-40-17(9-56)80-47(32(71)24(40)63)86-38-15(7-54)78-45(30(69)22(38)61)84-36-13(5-52)76-43(75-11)28(67)20(36)59/h11-73H,2-10H2,1H3. The van der Waals surface area contributed by atoms with Crippen molar-refractivity contribution in [3.8, 4) is 0 Å². The number of ether oxygens (including phenoxy) is 16. The lowest BCUT2D eigenvalue weighted by molar-refractivity contribution is -0.399. The van der Waals surface area contributed by atoms with Crippen LogP contribution in [-0.4, -0.2) is 422 Å². The summed E-state index contributed by atoms with van der Waals surface area (Å²) in [5, 5.41) is 264.